The molecular formula is C18H20ClFN2O3S2. The zero-order chi connectivity index (χ0) is 19.6. The van der Waals surface area contributed by atoms with Crippen LogP contribution in [0.5, 0.6) is 0 Å². The lowest BCUT2D eigenvalue weighted by atomic mass is 10.2. The van der Waals surface area contributed by atoms with Crippen LogP contribution < -0.4 is 0 Å². The molecule has 1 atom stereocenters. The number of halogens is 2. The molecule has 2 heterocycles. The molecule has 1 amide bonds. The lowest BCUT2D eigenvalue weighted by Crippen LogP contribution is -2.51. The number of hydrogen-bond donors (Lipinski definition) is 0. The number of nitrogens with zero attached hydrogens (tertiary/aromatic N) is 2. The fourth-order valence-corrected chi connectivity index (χ4v) is 5.47. The largest absolute Gasteiger partial charge is 0.339 e. The maximum absolute atomic E-state index is 13.0. The van der Waals surface area contributed by atoms with Gasteiger partial charge in [-0.15, -0.1) is 11.3 Å². The lowest BCUT2D eigenvalue weighted by molar-refractivity contribution is -0.132. The van der Waals surface area contributed by atoms with Gasteiger partial charge in [0.05, 0.1) is 9.23 Å². The Balaban J connectivity index is 1.60. The molecule has 1 fully saturated rings. The second-order valence-corrected chi connectivity index (χ2v) is 10.5. The molecule has 1 saturated heterocycles. The molecule has 1 aromatic heterocycles. The van der Waals surface area contributed by atoms with E-state index in [0.717, 1.165) is 27.9 Å². The Bertz CT molecular complexity index is 907. The van der Waals surface area contributed by atoms with Crippen molar-refractivity contribution in [1.29, 1.82) is 0 Å². The molecule has 9 heteroatoms. The van der Waals surface area contributed by atoms with E-state index < -0.39 is 26.8 Å². The summed E-state index contributed by atoms with van der Waals surface area (Å²) in [7, 11) is -3.85. The molecule has 1 unspecified atom stereocenters. The third-order valence-corrected chi connectivity index (χ3v) is 7.93. The van der Waals surface area contributed by atoms with Crippen LogP contribution in [-0.2, 0) is 21.2 Å². The first-order valence-corrected chi connectivity index (χ1v) is 11.3. The molecule has 1 aliphatic heterocycles. The van der Waals surface area contributed by atoms with Gasteiger partial charge in [-0.1, -0.05) is 11.6 Å². The SMILES string of the molecule is CC(C(=O)N1CCN(Cc2ccc(Cl)s2)CC1)S(=O)(=O)c1ccc(F)cc1. The number of carbonyl (C=O) groups excluding carboxylic acids is 1. The average molecular weight is 431 g/mol. The summed E-state index contributed by atoms with van der Waals surface area (Å²) in [6.45, 7) is 4.45. The molecule has 1 aromatic carbocycles. The van der Waals surface area contributed by atoms with Crippen molar-refractivity contribution in [3.63, 3.8) is 0 Å². The van der Waals surface area contributed by atoms with Crippen LogP contribution in [0.2, 0.25) is 4.34 Å². The Morgan fingerprint density at radius 1 is 1.15 bits per heavy atom. The molecule has 1 aliphatic rings. The van der Waals surface area contributed by atoms with Gasteiger partial charge < -0.3 is 4.90 Å². The van der Waals surface area contributed by atoms with Crippen LogP contribution in [0.1, 0.15) is 11.8 Å². The van der Waals surface area contributed by atoms with E-state index >= 15 is 0 Å². The number of rotatable bonds is 5. The molecule has 27 heavy (non-hydrogen) atoms. The van der Waals surface area contributed by atoms with Gasteiger partial charge >= 0.3 is 0 Å². The number of amides is 1. The van der Waals surface area contributed by atoms with Gasteiger partial charge in [-0.3, -0.25) is 9.69 Å². The fraction of sp³-hybridized carbons (Fsp3) is 0.389. The van der Waals surface area contributed by atoms with E-state index in [2.05, 4.69) is 4.90 Å². The summed E-state index contributed by atoms with van der Waals surface area (Å²) in [6, 6.07) is 8.40. The minimum Gasteiger partial charge on any atom is -0.339 e. The quantitative estimate of drug-likeness (QED) is 0.684. The molecule has 3 rings (SSSR count). The molecule has 0 radical (unpaired) electrons. The molecule has 2 aromatic rings. The van der Waals surface area contributed by atoms with Crippen LogP contribution in [0.3, 0.4) is 0 Å². The molecule has 146 valence electrons. The summed E-state index contributed by atoms with van der Waals surface area (Å²) in [5.74, 6) is -0.936. The lowest BCUT2D eigenvalue weighted by Gasteiger charge is -2.35. The van der Waals surface area contributed by atoms with E-state index in [9.17, 15) is 17.6 Å². The molecule has 0 bridgehead atoms. The van der Waals surface area contributed by atoms with Gasteiger partial charge in [-0.2, -0.15) is 0 Å². The van der Waals surface area contributed by atoms with Crippen molar-refractivity contribution in [2.24, 2.45) is 0 Å². The van der Waals surface area contributed by atoms with Gasteiger partial charge in [0.25, 0.3) is 0 Å². The Labute approximate surface area is 167 Å². The number of sulfone groups is 1. The van der Waals surface area contributed by atoms with Crippen molar-refractivity contribution in [2.45, 2.75) is 23.6 Å². The van der Waals surface area contributed by atoms with Crippen molar-refractivity contribution in [3.05, 3.63) is 51.4 Å². The van der Waals surface area contributed by atoms with Gasteiger partial charge in [0.1, 0.15) is 11.1 Å². The van der Waals surface area contributed by atoms with Crippen molar-refractivity contribution in [1.82, 2.24) is 9.80 Å². The fourth-order valence-electron chi connectivity index (χ4n) is 3.00. The highest BCUT2D eigenvalue weighted by Gasteiger charge is 2.34. The normalized spacial score (nSPS) is 17.1. The van der Waals surface area contributed by atoms with Crippen LogP contribution in [0.4, 0.5) is 4.39 Å². The molecular weight excluding hydrogens is 411 g/mol. The second kappa shape index (κ2) is 8.26. The Morgan fingerprint density at radius 3 is 2.33 bits per heavy atom. The van der Waals surface area contributed by atoms with E-state index in [-0.39, 0.29) is 4.90 Å². The minimum atomic E-state index is -3.85. The van der Waals surface area contributed by atoms with Gasteiger partial charge in [0, 0.05) is 37.6 Å². The minimum absolute atomic E-state index is 0.0436. The summed E-state index contributed by atoms with van der Waals surface area (Å²) < 4.78 is 39.1. The monoisotopic (exact) mass is 430 g/mol. The highest BCUT2D eigenvalue weighted by Crippen LogP contribution is 2.23. The van der Waals surface area contributed by atoms with Crippen LogP contribution in [0.25, 0.3) is 0 Å². The van der Waals surface area contributed by atoms with Gasteiger partial charge in [-0.25, -0.2) is 12.8 Å². The van der Waals surface area contributed by atoms with Crippen LogP contribution >= 0.6 is 22.9 Å². The van der Waals surface area contributed by atoms with Crippen molar-refractivity contribution < 1.29 is 17.6 Å². The van der Waals surface area contributed by atoms with E-state index in [0.29, 0.717) is 26.2 Å². The van der Waals surface area contributed by atoms with E-state index in [1.165, 1.54) is 30.4 Å². The van der Waals surface area contributed by atoms with Gasteiger partial charge in [-0.05, 0) is 43.3 Å². The predicted octanol–water partition coefficient (Wildman–Crippen LogP) is 3.05. The Hall–Kier alpha value is -1.48. The highest BCUT2D eigenvalue weighted by atomic mass is 35.5. The second-order valence-electron chi connectivity index (χ2n) is 6.45. The van der Waals surface area contributed by atoms with Crippen molar-refractivity contribution in [2.75, 3.05) is 26.2 Å². The predicted molar refractivity (Wildman–Crippen MR) is 104 cm³/mol. The van der Waals surface area contributed by atoms with Crippen molar-refractivity contribution >= 4 is 38.7 Å². The summed E-state index contributed by atoms with van der Waals surface area (Å²) in [6.07, 6.45) is 0. The van der Waals surface area contributed by atoms with E-state index in [4.69, 9.17) is 11.6 Å². The zero-order valence-corrected chi connectivity index (χ0v) is 17.2. The van der Waals surface area contributed by atoms with Gasteiger partial charge in [0.15, 0.2) is 9.84 Å². The average Bonchev–Trinajstić information content (AvgIpc) is 3.06. The van der Waals surface area contributed by atoms with E-state index in [1.54, 1.807) is 4.90 Å². The third-order valence-electron chi connectivity index (χ3n) is 4.65. The summed E-state index contributed by atoms with van der Waals surface area (Å²) in [5.41, 5.74) is 0. The molecule has 0 saturated carbocycles. The molecule has 0 spiro atoms. The first kappa shape index (κ1) is 20.3. The number of thiophene rings is 1. The number of benzene rings is 1. The Kier molecular flexibility index (Phi) is 6.20. The van der Waals surface area contributed by atoms with E-state index in [1.807, 2.05) is 12.1 Å². The highest BCUT2D eigenvalue weighted by molar-refractivity contribution is 7.92. The zero-order valence-electron chi connectivity index (χ0n) is 14.8. The Morgan fingerprint density at radius 2 is 1.78 bits per heavy atom. The first-order valence-electron chi connectivity index (χ1n) is 8.52. The maximum atomic E-state index is 13.0. The summed E-state index contributed by atoms with van der Waals surface area (Å²) in [4.78, 5) is 17.6. The molecule has 0 N–H and O–H groups in total. The molecule has 5 nitrogen and oxygen atoms in total. The number of hydrogen-bond acceptors (Lipinski definition) is 5. The van der Waals surface area contributed by atoms with Gasteiger partial charge in [0.2, 0.25) is 5.91 Å². The standard InChI is InChI=1S/C18H20ClFN2O3S2/c1-13(27(24,25)16-5-2-14(20)3-6-16)18(23)22-10-8-21(9-11-22)12-15-4-7-17(19)26-15/h2-7,13H,8-12H2,1H3. The smallest absolute Gasteiger partial charge is 0.241 e. The van der Waals surface area contributed by atoms with Crippen LogP contribution in [0.15, 0.2) is 41.3 Å². The summed E-state index contributed by atoms with van der Waals surface area (Å²) in [5, 5.41) is -1.20. The topological polar surface area (TPSA) is 57.7 Å². The van der Waals surface area contributed by atoms with Crippen LogP contribution in [0, 0.1) is 5.82 Å². The van der Waals surface area contributed by atoms with Crippen molar-refractivity contribution in [3.8, 4) is 0 Å². The summed E-state index contributed by atoms with van der Waals surface area (Å²) >= 11 is 7.48. The number of carbonyl (C=O) groups is 1. The number of piperazine rings is 1. The maximum Gasteiger partial charge on any atom is 0.241 e. The first-order chi connectivity index (χ1) is 12.8. The van der Waals surface area contributed by atoms with Crippen LogP contribution in [-0.4, -0.2) is 55.6 Å². The third kappa shape index (κ3) is 4.68. The molecule has 0 aliphatic carbocycles.